The number of amides is 1. The fourth-order valence-corrected chi connectivity index (χ4v) is 3.19. The van der Waals surface area contributed by atoms with E-state index in [0.29, 0.717) is 9.90 Å². The highest BCUT2D eigenvalue weighted by molar-refractivity contribution is 7.21. The molecule has 2 N–H and O–H groups in total. The van der Waals surface area contributed by atoms with Crippen molar-refractivity contribution in [1.29, 1.82) is 0 Å². The number of fused-ring (bicyclic) bond motifs is 1. The number of thiophene rings is 1. The predicted molar refractivity (Wildman–Crippen MR) is 80.5 cm³/mol. The van der Waals surface area contributed by atoms with E-state index < -0.39 is 17.9 Å². The van der Waals surface area contributed by atoms with Crippen molar-refractivity contribution >= 4 is 44.9 Å². The Morgan fingerprint density at radius 2 is 2.15 bits per heavy atom. The van der Waals surface area contributed by atoms with Crippen molar-refractivity contribution in [3.63, 3.8) is 0 Å². The lowest BCUT2D eigenvalue weighted by Crippen LogP contribution is -2.40. The van der Waals surface area contributed by atoms with Gasteiger partial charge in [-0.3, -0.25) is 4.79 Å². The summed E-state index contributed by atoms with van der Waals surface area (Å²) in [5, 5.41) is 12.6. The molecule has 0 aliphatic heterocycles. The molecule has 0 saturated heterocycles. The molecular weight excluding hydrogens is 298 g/mol. The zero-order valence-electron chi connectivity index (χ0n) is 10.4. The first-order valence-electron chi connectivity index (χ1n) is 5.86. The average Bonchev–Trinajstić information content (AvgIpc) is 2.76. The molecule has 0 radical (unpaired) electrons. The molecule has 0 bridgehead atoms. The molecule has 0 saturated carbocycles. The zero-order valence-corrected chi connectivity index (χ0v) is 12.0. The molecule has 4 nitrogen and oxygen atoms in total. The van der Waals surface area contributed by atoms with Crippen molar-refractivity contribution in [3.05, 3.63) is 46.8 Å². The van der Waals surface area contributed by atoms with Gasteiger partial charge in [0.15, 0.2) is 0 Å². The van der Waals surface area contributed by atoms with E-state index in [1.54, 1.807) is 0 Å². The molecule has 0 aliphatic rings. The Balaban J connectivity index is 2.29. The Hall–Kier alpha value is -1.85. The number of hydrogen-bond donors (Lipinski definition) is 2. The maximum atomic E-state index is 12.1. The molecule has 0 fully saturated rings. The lowest BCUT2D eigenvalue weighted by molar-refractivity contribution is -0.139. The highest BCUT2D eigenvalue weighted by atomic mass is 35.5. The first-order valence-corrected chi connectivity index (χ1v) is 7.05. The molecule has 1 heterocycles. The third kappa shape index (κ3) is 2.84. The van der Waals surface area contributed by atoms with Gasteiger partial charge in [-0.2, -0.15) is 0 Å². The van der Waals surface area contributed by atoms with Crippen molar-refractivity contribution < 1.29 is 14.7 Å². The standard InChI is InChI=1S/C14H12ClNO3S/c1-2-5-9(14(18)19)16-13(17)12-11(15)8-6-3-4-7-10(8)20-12/h2-4,6-7,9H,1,5H2,(H,16,17)(H,18,19). The number of carboxylic acid groups (broad SMARTS) is 1. The number of carboxylic acids is 1. The second kappa shape index (κ2) is 6.07. The van der Waals surface area contributed by atoms with Crippen molar-refractivity contribution in [3.8, 4) is 0 Å². The lowest BCUT2D eigenvalue weighted by atomic mass is 10.2. The van der Waals surface area contributed by atoms with Crippen LogP contribution in [-0.4, -0.2) is 23.0 Å². The summed E-state index contributed by atoms with van der Waals surface area (Å²) in [6.07, 6.45) is 1.61. The maximum Gasteiger partial charge on any atom is 0.326 e. The largest absolute Gasteiger partial charge is 0.480 e. The smallest absolute Gasteiger partial charge is 0.326 e. The molecule has 1 aromatic heterocycles. The molecule has 2 rings (SSSR count). The second-order valence-electron chi connectivity index (χ2n) is 4.13. The van der Waals surface area contributed by atoms with E-state index >= 15 is 0 Å². The Labute approximate surface area is 124 Å². The molecule has 1 atom stereocenters. The predicted octanol–water partition coefficient (Wildman–Crippen LogP) is 3.31. The minimum absolute atomic E-state index is 0.156. The molecule has 20 heavy (non-hydrogen) atoms. The van der Waals surface area contributed by atoms with E-state index in [9.17, 15) is 9.59 Å². The quantitative estimate of drug-likeness (QED) is 0.833. The van der Waals surface area contributed by atoms with Gasteiger partial charge in [-0.25, -0.2) is 4.79 Å². The third-order valence-electron chi connectivity index (χ3n) is 2.75. The summed E-state index contributed by atoms with van der Waals surface area (Å²) < 4.78 is 0.887. The number of halogens is 1. The summed E-state index contributed by atoms with van der Waals surface area (Å²) >= 11 is 7.42. The Morgan fingerprint density at radius 3 is 2.75 bits per heavy atom. The number of aliphatic carboxylic acids is 1. The van der Waals surface area contributed by atoms with Gasteiger partial charge in [0.2, 0.25) is 0 Å². The lowest BCUT2D eigenvalue weighted by Gasteiger charge is -2.11. The van der Waals surface area contributed by atoms with Crippen LogP contribution in [0.5, 0.6) is 0 Å². The fraction of sp³-hybridized carbons (Fsp3) is 0.143. The van der Waals surface area contributed by atoms with Crippen molar-refractivity contribution in [2.75, 3.05) is 0 Å². The number of nitrogens with one attached hydrogen (secondary N) is 1. The molecule has 0 aliphatic carbocycles. The molecule has 0 spiro atoms. The van der Waals surface area contributed by atoms with Crippen LogP contribution < -0.4 is 5.32 Å². The van der Waals surface area contributed by atoms with Crippen LogP contribution in [0.4, 0.5) is 0 Å². The molecule has 2 aromatic rings. The molecule has 1 unspecified atom stereocenters. The number of carbonyl (C=O) groups is 2. The van der Waals surface area contributed by atoms with Gasteiger partial charge in [-0.05, 0) is 12.5 Å². The summed E-state index contributed by atoms with van der Waals surface area (Å²) in [6.45, 7) is 3.48. The summed E-state index contributed by atoms with van der Waals surface area (Å²) in [6, 6.07) is 6.38. The van der Waals surface area contributed by atoms with Crippen LogP contribution in [0, 0.1) is 0 Å². The van der Waals surface area contributed by atoms with Crippen molar-refractivity contribution in [2.45, 2.75) is 12.5 Å². The Bertz CT molecular complexity index is 680. The molecule has 6 heteroatoms. The van der Waals surface area contributed by atoms with E-state index in [0.717, 1.165) is 10.1 Å². The van der Waals surface area contributed by atoms with E-state index in [1.165, 1.54) is 17.4 Å². The van der Waals surface area contributed by atoms with Gasteiger partial charge in [-0.15, -0.1) is 17.9 Å². The van der Waals surface area contributed by atoms with Crippen LogP contribution in [0.15, 0.2) is 36.9 Å². The Kier molecular flexibility index (Phi) is 4.42. The first-order chi connectivity index (χ1) is 9.54. The van der Waals surface area contributed by atoms with Crippen LogP contribution in [0.1, 0.15) is 16.1 Å². The molecule has 1 aromatic carbocycles. The number of hydrogen-bond acceptors (Lipinski definition) is 3. The van der Waals surface area contributed by atoms with E-state index in [-0.39, 0.29) is 6.42 Å². The van der Waals surface area contributed by atoms with Crippen LogP contribution in [0.2, 0.25) is 5.02 Å². The monoisotopic (exact) mass is 309 g/mol. The van der Waals surface area contributed by atoms with Crippen molar-refractivity contribution in [1.82, 2.24) is 5.32 Å². The summed E-state index contributed by atoms with van der Waals surface area (Å²) in [7, 11) is 0. The van der Waals surface area contributed by atoms with Crippen LogP contribution in [0.25, 0.3) is 10.1 Å². The van der Waals surface area contributed by atoms with Crippen LogP contribution >= 0.6 is 22.9 Å². The van der Waals surface area contributed by atoms with Gasteiger partial charge < -0.3 is 10.4 Å². The highest BCUT2D eigenvalue weighted by Crippen LogP contribution is 2.35. The van der Waals surface area contributed by atoms with Crippen LogP contribution in [-0.2, 0) is 4.79 Å². The fourth-order valence-electron chi connectivity index (χ4n) is 1.77. The van der Waals surface area contributed by atoms with Gasteiger partial charge in [0.05, 0.1) is 5.02 Å². The third-order valence-corrected chi connectivity index (χ3v) is 4.42. The SMILES string of the molecule is C=CCC(NC(=O)c1sc2ccccc2c1Cl)C(=O)O. The summed E-state index contributed by atoms with van der Waals surface area (Å²) in [4.78, 5) is 23.5. The topological polar surface area (TPSA) is 66.4 Å². The molecule has 104 valence electrons. The van der Waals surface area contributed by atoms with Gasteiger partial charge >= 0.3 is 5.97 Å². The maximum absolute atomic E-state index is 12.1. The molecular formula is C14H12ClNO3S. The minimum atomic E-state index is -1.10. The van der Waals surface area contributed by atoms with Gasteiger partial charge in [-0.1, -0.05) is 35.9 Å². The van der Waals surface area contributed by atoms with Gasteiger partial charge in [0.1, 0.15) is 10.9 Å². The summed E-state index contributed by atoms with van der Waals surface area (Å²) in [5.74, 6) is -1.58. The van der Waals surface area contributed by atoms with Gasteiger partial charge in [0.25, 0.3) is 5.91 Å². The second-order valence-corrected chi connectivity index (χ2v) is 5.56. The van der Waals surface area contributed by atoms with E-state index in [2.05, 4.69) is 11.9 Å². The van der Waals surface area contributed by atoms with Crippen molar-refractivity contribution in [2.24, 2.45) is 0 Å². The summed E-state index contributed by atoms with van der Waals surface area (Å²) in [5.41, 5.74) is 0. The highest BCUT2D eigenvalue weighted by Gasteiger charge is 2.22. The normalized spacial score (nSPS) is 12.1. The van der Waals surface area contributed by atoms with E-state index in [4.69, 9.17) is 16.7 Å². The average molecular weight is 310 g/mol. The zero-order chi connectivity index (χ0) is 14.7. The Morgan fingerprint density at radius 1 is 1.45 bits per heavy atom. The van der Waals surface area contributed by atoms with E-state index in [1.807, 2.05) is 24.3 Å². The first kappa shape index (κ1) is 14.6. The number of rotatable bonds is 5. The van der Waals surface area contributed by atoms with Crippen LogP contribution in [0.3, 0.4) is 0 Å². The molecule has 1 amide bonds. The number of carbonyl (C=O) groups excluding carboxylic acids is 1. The van der Waals surface area contributed by atoms with Gasteiger partial charge in [0, 0.05) is 10.1 Å². The number of benzene rings is 1. The minimum Gasteiger partial charge on any atom is -0.480 e.